The van der Waals surface area contributed by atoms with Gasteiger partial charge in [0.1, 0.15) is 11.4 Å². The minimum atomic E-state index is -0.128. The molecule has 0 bridgehead atoms. The molecule has 1 aliphatic rings. The van der Waals surface area contributed by atoms with E-state index in [1.807, 2.05) is 0 Å². The highest BCUT2D eigenvalue weighted by molar-refractivity contribution is 5.60. The minimum absolute atomic E-state index is 0.128. The summed E-state index contributed by atoms with van der Waals surface area (Å²) in [6.45, 7) is 7.87. The summed E-state index contributed by atoms with van der Waals surface area (Å²) in [5, 5.41) is 6.88. The van der Waals surface area contributed by atoms with Gasteiger partial charge < -0.3 is 20.1 Å². The van der Waals surface area contributed by atoms with Crippen molar-refractivity contribution in [2.45, 2.75) is 32.3 Å². The maximum atomic E-state index is 5.95. The molecule has 20 heavy (non-hydrogen) atoms. The van der Waals surface area contributed by atoms with Crippen LogP contribution in [0.15, 0.2) is 18.2 Å². The summed E-state index contributed by atoms with van der Waals surface area (Å²) in [4.78, 5) is 0. The molecular formula is C16H26N2O2. The molecule has 1 heterocycles. The lowest BCUT2D eigenvalue weighted by atomic mass is 10.0. The predicted octanol–water partition coefficient (Wildman–Crippen LogP) is 2.44. The smallest absolute Gasteiger partial charge is 0.143 e. The van der Waals surface area contributed by atoms with Gasteiger partial charge in [-0.15, -0.1) is 0 Å². The van der Waals surface area contributed by atoms with Crippen LogP contribution in [0.2, 0.25) is 0 Å². The third-order valence-corrected chi connectivity index (χ3v) is 3.43. The first-order chi connectivity index (χ1) is 9.61. The monoisotopic (exact) mass is 278 g/mol. The fourth-order valence-electron chi connectivity index (χ4n) is 2.30. The predicted molar refractivity (Wildman–Crippen MR) is 82.7 cm³/mol. The number of benzene rings is 1. The summed E-state index contributed by atoms with van der Waals surface area (Å²) in [5.74, 6) is 0.957. The summed E-state index contributed by atoms with van der Waals surface area (Å²) in [7, 11) is 1.74. The first-order valence-corrected chi connectivity index (χ1v) is 7.36. The zero-order valence-corrected chi connectivity index (χ0v) is 12.8. The van der Waals surface area contributed by atoms with Gasteiger partial charge in [-0.2, -0.15) is 0 Å². The summed E-state index contributed by atoms with van der Waals surface area (Å²) in [5.41, 5.74) is 2.32. The van der Waals surface area contributed by atoms with Crippen molar-refractivity contribution < 1.29 is 9.47 Å². The summed E-state index contributed by atoms with van der Waals surface area (Å²) in [6.07, 6.45) is 2.09. The highest BCUT2D eigenvalue weighted by Crippen LogP contribution is 2.33. The van der Waals surface area contributed by atoms with E-state index in [9.17, 15) is 0 Å². The maximum Gasteiger partial charge on any atom is 0.143 e. The molecule has 1 aliphatic heterocycles. The van der Waals surface area contributed by atoms with Crippen LogP contribution in [0.25, 0.3) is 0 Å². The Morgan fingerprint density at radius 1 is 1.35 bits per heavy atom. The number of nitrogens with one attached hydrogen (secondary N) is 2. The molecule has 2 N–H and O–H groups in total. The van der Waals surface area contributed by atoms with Crippen LogP contribution in [0.1, 0.15) is 25.8 Å². The number of fused-ring (bicyclic) bond motifs is 1. The Hall–Kier alpha value is -1.26. The van der Waals surface area contributed by atoms with Crippen LogP contribution in [0, 0.1) is 0 Å². The fraction of sp³-hybridized carbons (Fsp3) is 0.625. The van der Waals surface area contributed by atoms with E-state index in [0.29, 0.717) is 0 Å². The van der Waals surface area contributed by atoms with Gasteiger partial charge in [0.05, 0.1) is 12.2 Å². The molecule has 112 valence electrons. The van der Waals surface area contributed by atoms with E-state index in [2.05, 4.69) is 42.7 Å². The molecule has 4 nitrogen and oxygen atoms in total. The molecular weight excluding hydrogens is 252 g/mol. The third kappa shape index (κ3) is 4.39. The fourth-order valence-corrected chi connectivity index (χ4v) is 2.30. The van der Waals surface area contributed by atoms with Crippen molar-refractivity contribution in [3.63, 3.8) is 0 Å². The summed E-state index contributed by atoms with van der Waals surface area (Å²) >= 11 is 0. The van der Waals surface area contributed by atoms with Crippen LogP contribution in [-0.4, -0.2) is 39.0 Å². The van der Waals surface area contributed by atoms with Gasteiger partial charge in [-0.3, -0.25) is 0 Å². The van der Waals surface area contributed by atoms with Gasteiger partial charge in [0, 0.05) is 13.7 Å². The number of hydrogen-bond donors (Lipinski definition) is 2. The van der Waals surface area contributed by atoms with Crippen LogP contribution >= 0.6 is 0 Å². The van der Waals surface area contributed by atoms with Crippen LogP contribution < -0.4 is 15.4 Å². The Bertz CT molecular complexity index is 432. The van der Waals surface area contributed by atoms with Crippen LogP contribution in [-0.2, 0) is 11.2 Å². The summed E-state index contributed by atoms with van der Waals surface area (Å²) < 4.78 is 11.0. The van der Waals surface area contributed by atoms with Crippen molar-refractivity contribution >= 4 is 5.69 Å². The number of methoxy groups -OCH3 is 1. The Morgan fingerprint density at radius 3 is 3.00 bits per heavy atom. The van der Waals surface area contributed by atoms with Gasteiger partial charge in [-0.05, 0) is 57.5 Å². The lowest BCUT2D eigenvalue weighted by molar-refractivity contribution is 0.116. The molecule has 2 rings (SSSR count). The van der Waals surface area contributed by atoms with Gasteiger partial charge in [0.15, 0.2) is 0 Å². The topological polar surface area (TPSA) is 42.5 Å². The molecule has 1 aromatic carbocycles. The Kier molecular flexibility index (Phi) is 5.26. The Labute approximate surface area is 121 Å². The molecule has 0 amide bonds. The van der Waals surface area contributed by atoms with E-state index in [-0.39, 0.29) is 5.60 Å². The van der Waals surface area contributed by atoms with Gasteiger partial charge in [0.2, 0.25) is 0 Å². The second-order valence-electron chi connectivity index (χ2n) is 5.89. The number of anilines is 1. The normalized spacial score (nSPS) is 16.1. The Balaban J connectivity index is 1.80. The first kappa shape index (κ1) is 15.1. The second-order valence-corrected chi connectivity index (χ2v) is 5.89. The van der Waals surface area contributed by atoms with E-state index in [1.165, 1.54) is 5.56 Å². The SMILES string of the molecule is COCCCNCCc1ccc2c(c1)NCC(C)(C)O2. The van der Waals surface area contributed by atoms with E-state index < -0.39 is 0 Å². The van der Waals surface area contributed by atoms with Crippen molar-refractivity contribution in [1.82, 2.24) is 5.32 Å². The number of hydrogen-bond acceptors (Lipinski definition) is 4. The molecule has 0 saturated heterocycles. The molecule has 0 aromatic heterocycles. The van der Waals surface area contributed by atoms with Crippen LogP contribution in [0.4, 0.5) is 5.69 Å². The third-order valence-electron chi connectivity index (χ3n) is 3.43. The second kappa shape index (κ2) is 6.95. The van der Waals surface area contributed by atoms with Gasteiger partial charge in [-0.1, -0.05) is 6.07 Å². The van der Waals surface area contributed by atoms with Gasteiger partial charge >= 0.3 is 0 Å². The molecule has 0 aliphatic carbocycles. The molecule has 0 saturated carbocycles. The van der Waals surface area contributed by atoms with E-state index in [0.717, 1.165) is 50.5 Å². The standard InChI is InChI=1S/C16H26N2O2/c1-16(2)12-18-14-11-13(5-6-15(14)20-16)7-9-17-8-4-10-19-3/h5-6,11,17-18H,4,7-10,12H2,1-3H3. The zero-order chi connectivity index (χ0) is 14.4. The zero-order valence-electron chi connectivity index (χ0n) is 12.8. The van der Waals surface area contributed by atoms with Crippen molar-refractivity contribution in [3.8, 4) is 5.75 Å². The number of ether oxygens (including phenoxy) is 2. The molecule has 4 heteroatoms. The van der Waals surface area contributed by atoms with E-state index in [4.69, 9.17) is 9.47 Å². The molecule has 1 aromatic rings. The van der Waals surface area contributed by atoms with Crippen molar-refractivity contribution in [3.05, 3.63) is 23.8 Å². The van der Waals surface area contributed by atoms with Crippen LogP contribution in [0.3, 0.4) is 0 Å². The summed E-state index contributed by atoms with van der Waals surface area (Å²) in [6, 6.07) is 6.42. The van der Waals surface area contributed by atoms with Gasteiger partial charge in [-0.25, -0.2) is 0 Å². The number of rotatable bonds is 7. The first-order valence-electron chi connectivity index (χ1n) is 7.36. The quantitative estimate of drug-likeness (QED) is 0.752. The molecule has 0 atom stereocenters. The van der Waals surface area contributed by atoms with Crippen molar-refractivity contribution in [1.29, 1.82) is 0 Å². The van der Waals surface area contributed by atoms with E-state index in [1.54, 1.807) is 7.11 Å². The van der Waals surface area contributed by atoms with Crippen molar-refractivity contribution in [2.75, 3.05) is 38.7 Å². The van der Waals surface area contributed by atoms with E-state index >= 15 is 0 Å². The average Bonchev–Trinajstić information content (AvgIpc) is 2.42. The molecule has 0 fully saturated rings. The largest absolute Gasteiger partial charge is 0.484 e. The lowest BCUT2D eigenvalue weighted by Gasteiger charge is -2.33. The molecule has 0 unspecified atom stereocenters. The van der Waals surface area contributed by atoms with Crippen LogP contribution in [0.5, 0.6) is 5.75 Å². The highest BCUT2D eigenvalue weighted by atomic mass is 16.5. The highest BCUT2D eigenvalue weighted by Gasteiger charge is 2.25. The molecule has 0 radical (unpaired) electrons. The Morgan fingerprint density at radius 2 is 2.20 bits per heavy atom. The van der Waals surface area contributed by atoms with Crippen molar-refractivity contribution in [2.24, 2.45) is 0 Å². The minimum Gasteiger partial charge on any atom is -0.484 e. The van der Waals surface area contributed by atoms with Gasteiger partial charge in [0.25, 0.3) is 0 Å². The molecule has 0 spiro atoms. The maximum absolute atomic E-state index is 5.95. The average molecular weight is 278 g/mol. The lowest BCUT2D eigenvalue weighted by Crippen LogP contribution is -2.40.